The van der Waals surface area contributed by atoms with Gasteiger partial charge in [-0.1, -0.05) is 13.8 Å². The standard InChI is InChI=1S/C16H24N6O.C2H6/c1-3-22-10(2)19-13-14(17-9-18-15(13)22)20-12-6-7-21(8-12)16(23)11-4-5-11;1-2/h9-12,19H,3-8H2,1-2H3,(H,17,18,20);1-2H3. The number of hydrogen-bond donors (Lipinski definition) is 2. The highest BCUT2D eigenvalue weighted by Crippen LogP contribution is 2.37. The van der Waals surface area contributed by atoms with Crippen molar-refractivity contribution in [3.63, 3.8) is 0 Å². The fourth-order valence-electron chi connectivity index (χ4n) is 3.59. The molecule has 2 fully saturated rings. The minimum absolute atomic E-state index is 0.226. The Morgan fingerprint density at radius 3 is 2.76 bits per heavy atom. The highest BCUT2D eigenvalue weighted by molar-refractivity contribution is 5.83. The molecule has 3 aliphatic rings. The molecule has 7 heteroatoms. The van der Waals surface area contributed by atoms with Crippen LogP contribution in [0.3, 0.4) is 0 Å². The molecule has 0 aromatic carbocycles. The van der Waals surface area contributed by atoms with E-state index in [1.807, 2.05) is 18.7 Å². The Kier molecular flexibility index (Phi) is 5.30. The fraction of sp³-hybridized carbons (Fsp3) is 0.722. The van der Waals surface area contributed by atoms with Gasteiger partial charge in [0, 0.05) is 31.6 Å². The Hall–Kier alpha value is -2.05. The Balaban J connectivity index is 0.000000880. The predicted octanol–water partition coefficient (Wildman–Crippen LogP) is 2.52. The van der Waals surface area contributed by atoms with Crippen molar-refractivity contribution in [1.82, 2.24) is 14.9 Å². The SMILES string of the molecule is CC.CCN1c2ncnc(NC3CCN(C(=O)C4CC4)C3)c2NC1C. The van der Waals surface area contributed by atoms with Crippen LogP contribution >= 0.6 is 0 Å². The molecular formula is C18H30N6O. The monoisotopic (exact) mass is 346 g/mol. The van der Waals surface area contributed by atoms with Crippen molar-refractivity contribution in [2.45, 2.75) is 59.2 Å². The zero-order valence-electron chi connectivity index (χ0n) is 15.7. The van der Waals surface area contributed by atoms with Crippen molar-refractivity contribution in [2.75, 3.05) is 35.2 Å². The first kappa shape index (κ1) is 17.8. The number of nitrogens with one attached hydrogen (secondary N) is 2. The van der Waals surface area contributed by atoms with Crippen LogP contribution in [0.4, 0.5) is 17.3 Å². The van der Waals surface area contributed by atoms with E-state index in [1.165, 1.54) is 0 Å². The summed E-state index contributed by atoms with van der Waals surface area (Å²) in [6.45, 7) is 10.8. The topological polar surface area (TPSA) is 73.4 Å². The molecule has 138 valence electrons. The van der Waals surface area contributed by atoms with Crippen LogP contribution in [-0.4, -0.2) is 52.6 Å². The van der Waals surface area contributed by atoms with E-state index >= 15 is 0 Å². The average Bonchev–Trinajstić information content (AvgIpc) is 3.29. The summed E-state index contributed by atoms with van der Waals surface area (Å²) in [5.74, 6) is 2.45. The van der Waals surface area contributed by atoms with Crippen molar-refractivity contribution < 1.29 is 4.79 Å². The third kappa shape index (κ3) is 3.50. The third-order valence-corrected chi connectivity index (χ3v) is 5.03. The largest absolute Gasteiger partial charge is 0.364 e. The molecule has 1 aliphatic carbocycles. The number of nitrogens with zero attached hydrogens (tertiary/aromatic N) is 4. The number of carbonyl (C=O) groups is 1. The molecule has 25 heavy (non-hydrogen) atoms. The highest BCUT2D eigenvalue weighted by Gasteiger charge is 2.37. The maximum atomic E-state index is 12.2. The summed E-state index contributed by atoms with van der Waals surface area (Å²) >= 11 is 0. The second-order valence-corrected chi connectivity index (χ2v) is 6.72. The number of hydrogen-bond acceptors (Lipinski definition) is 6. The lowest BCUT2D eigenvalue weighted by Gasteiger charge is -2.20. The van der Waals surface area contributed by atoms with Crippen molar-refractivity contribution in [3.05, 3.63) is 6.33 Å². The van der Waals surface area contributed by atoms with Crippen molar-refractivity contribution >= 4 is 23.2 Å². The van der Waals surface area contributed by atoms with E-state index < -0.39 is 0 Å². The van der Waals surface area contributed by atoms with Crippen LogP contribution in [-0.2, 0) is 4.79 Å². The van der Waals surface area contributed by atoms with Crippen molar-refractivity contribution in [2.24, 2.45) is 5.92 Å². The van der Waals surface area contributed by atoms with E-state index in [0.717, 1.165) is 56.2 Å². The van der Waals surface area contributed by atoms with Gasteiger partial charge >= 0.3 is 0 Å². The Morgan fingerprint density at radius 2 is 2.08 bits per heavy atom. The number of aromatic nitrogens is 2. The molecule has 1 aromatic rings. The summed E-state index contributed by atoms with van der Waals surface area (Å²) in [5, 5.41) is 6.98. The van der Waals surface area contributed by atoms with Crippen molar-refractivity contribution in [1.29, 1.82) is 0 Å². The van der Waals surface area contributed by atoms with Crippen LogP contribution < -0.4 is 15.5 Å². The van der Waals surface area contributed by atoms with Gasteiger partial charge in [-0.05, 0) is 33.1 Å². The first-order valence-electron chi connectivity index (χ1n) is 9.61. The molecule has 0 radical (unpaired) electrons. The second-order valence-electron chi connectivity index (χ2n) is 6.72. The normalized spacial score (nSPS) is 24.3. The van der Waals surface area contributed by atoms with Crippen LogP contribution in [0.1, 0.15) is 47.0 Å². The van der Waals surface area contributed by atoms with Crippen LogP contribution in [0.2, 0.25) is 0 Å². The van der Waals surface area contributed by atoms with E-state index in [9.17, 15) is 4.79 Å². The molecule has 4 rings (SSSR count). The lowest BCUT2D eigenvalue weighted by Crippen LogP contribution is -2.33. The zero-order valence-corrected chi connectivity index (χ0v) is 15.7. The number of carbonyl (C=O) groups excluding carboxylic acids is 1. The van der Waals surface area contributed by atoms with E-state index in [4.69, 9.17) is 0 Å². The van der Waals surface area contributed by atoms with Crippen molar-refractivity contribution in [3.8, 4) is 0 Å². The molecule has 2 N–H and O–H groups in total. The van der Waals surface area contributed by atoms with Gasteiger partial charge in [-0.15, -0.1) is 0 Å². The summed E-state index contributed by atoms with van der Waals surface area (Å²) in [6, 6.07) is 0.268. The maximum absolute atomic E-state index is 12.2. The predicted molar refractivity (Wildman–Crippen MR) is 101 cm³/mol. The van der Waals surface area contributed by atoms with Gasteiger partial charge in [-0.3, -0.25) is 4.79 Å². The Bertz CT molecular complexity index is 618. The van der Waals surface area contributed by atoms with Crippen LogP contribution in [0.5, 0.6) is 0 Å². The molecule has 0 spiro atoms. The molecule has 1 amide bonds. The van der Waals surface area contributed by atoms with Gasteiger partial charge in [0.05, 0.1) is 6.17 Å². The van der Waals surface area contributed by atoms with E-state index in [0.29, 0.717) is 11.8 Å². The first-order chi connectivity index (χ1) is 12.2. The maximum Gasteiger partial charge on any atom is 0.225 e. The molecule has 2 unspecified atom stereocenters. The number of anilines is 3. The molecule has 0 bridgehead atoms. The van der Waals surface area contributed by atoms with Gasteiger partial charge in [0.15, 0.2) is 11.6 Å². The van der Waals surface area contributed by atoms with Gasteiger partial charge in [0.1, 0.15) is 12.0 Å². The van der Waals surface area contributed by atoms with E-state index in [1.54, 1.807) is 6.33 Å². The number of rotatable bonds is 4. The first-order valence-corrected chi connectivity index (χ1v) is 9.61. The third-order valence-electron chi connectivity index (χ3n) is 5.03. The molecule has 1 aromatic heterocycles. The highest BCUT2D eigenvalue weighted by atomic mass is 16.2. The summed E-state index contributed by atoms with van der Waals surface area (Å²) in [6.07, 6.45) is 4.96. The van der Waals surface area contributed by atoms with Crippen LogP contribution in [0.25, 0.3) is 0 Å². The Morgan fingerprint density at radius 1 is 1.32 bits per heavy atom. The number of likely N-dealkylation sites (tertiary alicyclic amines) is 1. The van der Waals surface area contributed by atoms with Gasteiger partial charge in [-0.2, -0.15) is 0 Å². The smallest absolute Gasteiger partial charge is 0.225 e. The molecule has 1 saturated heterocycles. The van der Waals surface area contributed by atoms with E-state index in [2.05, 4.69) is 39.3 Å². The average molecular weight is 346 g/mol. The molecule has 2 aliphatic heterocycles. The summed E-state index contributed by atoms with van der Waals surface area (Å²) in [5.41, 5.74) is 0.980. The van der Waals surface area contributed by atoms with Gasteiger partial charge < -0.3 is 20.4 Å². The minimum Gasteiger partial charge on any atom is -0.364 e. The molecule has 2 atom stereocenters. The Labute approximate surface area is 150 Å². The molecule has 7 nitrogen and oxygen atoms in total. The number of fused-ring (bicyclic) bond motifs is 1. The fourth-order valence-corrected chi connectivity index (χ4v) is 3.59. The van der Waals surface area contributed by atoms with Crippen LogP contribution in [0, 0.1) is 5.92 Å². The second kappa shape index (κ2) is 7.45. The number of amides is 1. The quantitative estimate of drug-likeness (QED) is 0.873. The van der Waals surface area contributed by atoms with Gasteiger partial charge in [-0.25, -0.2) is 9.97 Å². The molecule has 3 heterocycles. The summed E-state index contributed by atoms with van der Waals surface area (Å²) < 4.78 is 0. The minimum atomic E-state index is 0.226. The van der Waals surface area contributed by atoms with E-state index in [-0.39, 0.29) is 12.2 Å². The van der Waals surface area contributed by atoms with Gasteiger partial charge in [0.2, 0.25) is 5.91 Å². The summed E-state index contributed by atoms with van der Waals surface area (Å²) in [4.78, 5) is 25.2. The summed E-state index contributed by atoms with van der Waals surface area (Å²) in [7, 11) is 0. The lowest BCUT2D eigenvalue weighted by molar-refractivity contribution is -0.131. The van der Waals surface area contributed by atoms with Crippen LogP contribution in [0.15, 0.2) is 6.33 Å². The zero-order chi connectivity index (χ0) is 18.0. The molecule has 1 saturated carbocycles. The van der Waals surface area contributed by atoms with Gasteiger partial charge in [0.25, 0.3) is 0 Å². The lowest BCUT2D eigenvalue weighted by atomic mass is 10.2. The molecular weight excluding hydrogens is 316 g/mol.